The molecule has 0 aromatic carbocycles. The van der Waals surface area contributed by atoms with Crippen LogP contribution in [-0.2, 0) is 38.8 Å². The fraction of sp³-hybridized carbons (Fsp3) is 0.812. The monoisotopic (exact) mass is 351 g/mol. The van der Waals surface area contributed by atoms with Crippen LogP contribution in [0.3, 0.4) is 0 Å². The Kier molecular flexibility index (Phi) is 14.6. The second kappa shape index (κ2) is 15.1. The molecule has 0 aliphatic carbocycles. The fourth-order valence-corrected chi connectivity index (χ4v) is 2.52. The van der Waals surface area contributed by atoms with E-state index in [1.165, 1.54) is 0 Å². The van der Waals surface area contributed by atoms with Crippen molar-refractivity contribution in [2.45, 2.75) is 84.5 Å². The van der Waals surface area contributed by atoms with Crippen molar-refractivity contribution in [2.75, 3.05) is 0 Å². The maximum absolute atomic E-state index is 11.6. The summed E-state index contributed by atoms with van der Waals surface area (Å²) in [6, 6.07) is 0. The van der Waals surface area contributed by atoms with Gasteiger partial charge in [0, 0.05) is 0 Å². The molecule has 0 bridgehead atoms. The summed E-state index contributed by atoms with van der Waals surface area (Å²) < 4.78 is 11.3. The van der Waals surface area contributed by atoms with Crippen LogP contribution in [0.1, 0.15) is 84.5 Å². The average Bonchev–Trinajstić information content (AvgIpc) is 2.52. The standard InChI is InChI=1S/C16H28O4.O.V/c1-3-5-7-9-11-13-15(17)19-20-16(18)14-12-10-8-6-4-2;;/h3-13H2,1-2H3;;. The van der Waals surface area contributed by atoms with Crippen LogP contribution in [0.25, 0.3) is 0 Å². The average molecular weight is 351 g/mol. The molecule has 0 aromatic rings. The van der Waals surface area contributed by atoms with Gasteiger partial charge in [0.25, 0.3) is 0 Å². The number of carbonyl (C=O) groups excluding carboxylic acids is 2. The van der Waals surface area contributed by atoms with Crippen LogP contribution in [0.15, 0.2) is 0 Å². The first-order chi connectivity index (χ1) is 10.7. The van der Waals surface area contributed by atoms with Crippen LogP contribution < -0.4 is 0 Å². The molecule has 0 saturated heterocycles. The van der Waals surface area contributed by atoms with Crippen LogP contribution in [-0.4, -0.2) is 16.2 Å². The number of hydrogen-bond donors (Lipinski definition) is 0. The Balaban J connectivity index is 3.84. The van der Waals surface area contributed by atoms with E-state index in [0.29, 0.717) is 6.42 Å². The van der Waals surface area contributed by atoms with Gasteiger partial charge in [0.2, 0.25) is 0 Å². The molecule has 0 rings (SSSR count). The molecule has 0 saturated carbocycles. The van der Waals surface area contributed by atoms with Crippen molar-refractivity contribution < 1.29 is 38.8 Å². The van der Waals surface area contributed by atoms with E-state index < -0.39 is 27.7 Å². The van der Waals surface area contributed by atoms with Crippen LogP contribution in [0.4, 0.5) is 0 Å². The number of hydrogen-bond acceptors (Lipinski definition) is 5. The maximum atomic E-state index is 11.6. The van der Waals surface area contributed by atoms with Crippen LogP contribution in [0.5, 0.6) is 0 Å². The van der Waals surface area contributed by atoms with Gasteiger partial charge < -0.3 is 0 Å². The quantitative estimate of drug-likeness (QED) is 0.303. The van der Waals surface area contributed by atoms with E-state index in [2.05, 4.69) is 23.6 Å². The first kappa shape index (κ1) is 21.2. The van der Waals surface area contributed by atoms with Gasteiger partial charge in [-0.05, 0) is 0 Å². The molecule has 0 unspecified atom stereocenters. The van der Waals surface area contributed by atoms with Gasteiger partial charge in [-0.1, -0.05) is 0 Å². The summed E-state index contributed by atoms with van der Waals surface area (Å²) in [5.74, 6) is -1.30. The third-order valence-electron chi connectivity index (χ3n) is 3.31. The van der Waals surface area contributed by atoms with E-state index in [1.807, 2.05) is 0 Å². The molecule has 0 aliphatic rings. The molecule has 0 heterocycles. The minimum absolute atomic E-state index is 0.239. The summed E-state index contributed by atoms with van der Waals surface area (Å²) in [5, 5.41) is 0. The van der Waals surface area contributed by atoms with Crippen molar-refractivity contribution in [3.63, 3.8) is 0 Å². The summed E-state index contributed by atoms with van der Waals surface area (Å²) in [6.45, 7) is 4.22. The van der Waals surface area contributed by atoms with Crippen molar-refractivity contribution in [2.24, 2.45) is 0 Å². The molecule has 6 heteroatoms. The van der Waals surface area contributed by atoms with Gasteiger partial charge in [0.15, 0.2) is 0 Å². The van der Waals surface area contributed by atoms with Crippen molar-refractivity contribution >= 4 is 16.2 Å². The van der Waals surface area contributed by atoms with Crippen LogP contribution >= 0.6 is 0 Å². The zero-order chi connectivity index (χ0) is 16.6. The second-order valence-corrected chi connectivity index (χ2v) is 6.47. The summed E-state index contributed by atoms with van der Waals surface area (Å²) in [4.78, 5) is 32.0. The van der Waals surface area contributed by atoms with Gasteiger partial charge >= 0.3 is 139 Å². The first-order valence-electron chi connectivity index (χ1n) is 8.26. The molecule has 0 spiro atoms. The Morgan fingerprint density at radius 2 is 1.32 bits per heavy atom. The fourth-order valence-electron chi connectivity index (χ4n) is 1.95. The third-order valence-corrected chi connectivity index (χ3v) is 4.29. The second-order valence-electron chi connectivity index (χ2n) is 5.34. The normalized spacial score (nSPS) is 9.91. The summed E-state index contributed by atoms with van der Waals surface area (Å²) >= 11 is -1.43. The molecule has 0 fully saturated rings. The molecule has 0 aromatic heterocycles. The third kappa shape index (κ3) is 11.8. The zero-order valence-electron chi connectivity index (χ0n) is 13.8. The summed E-state index contributed by atoms with van der Waals surface area (Å²) in [7, 11) is 0. The Bertz CT molecular complexity index is 375. The van der Waals surface area contributed by atoms with Gasteiger partial charge in [-0.25, -0.2) is 0 Å². The van der Waals surface area contributed by atoms with Crippen molar-refractivity contribution in [1.29, 1.82) is 0 Å². The number of carbonyl (C=O) groups is 2. The Labute approximate surface area is 139 Å². The molecule has 22 heavy (non-hydrogen) atoms. The molecule has 5 nitrogen and oxygen atoms in total. The molecule has 0 radical (unpaired) electrons. The van der Waals surface area contributed by atoms with E-state index in [-0.39, 0.29) is 10.6 Å². The van der Waals surface area contributed by atoms with Gasteiger partial charge in [-0.2, -0.15) is 0 Å². The van der Waals surface area contributed by atoms with E-state index in [9.17, 15) is 13.3 Å². The number of unbranched alkanes of at least 4 members (excludes halogenated alkanes) is 7. The Morgan fingerprint density at radius 1 is 0.773 bits per heavy atom. The van der Waals surface area contributed by atoms with Crippen LogP contribution in [0.2, 0.25) is 0 Å². The van der Waals surface area contributed by atoms with Gasteiger partial charge in [0.05, 0.1) is 0 Å². The predicted octanol–water partition coefficient (Wildman–Crippen LogP) is 3.92. The van der Waals surface area contributed by atoms with Crippen LogP contribution in [0, 0.1) is 0 Å². The van der Waals surface area contributed by atoms with Gasteiger partial charge in [0.1, 0.15) is 0 Å². The zero-order valence-corrected chi connectivity index (χ0v) is 15.2. The minimum atomic E-state index is -1.43. The van der Waals surface area contributed by atoms with Crippen molar-refractivity contribution in [3.8, 4) is 0 Å². The predicted molar refractivity (Wildman–Crippen MR) is 80.0 cm³/mol. The topological polar surface area (TPSA) is 69.7 Å². The van der Waals surface area contributed by atoms with Crippen molar-refractivity contribution in [1.82, 2.24) is 0 Å². The SMILES string of the molecule is CCCCCCCC(=O)OOC(=O)[C](CCCCCC)=[V]=[O]. The Hall–Kier alpha value is -0.806. The summed E-state index contributed by atoms with van der Waals surface area (Å²) in [5.41, 5.74) is 0. The van der Waals surface area contributed by atoms with E-state index in [0.717, 1.165) is 57.8 Å². The molecule has 0 amide bonds. The summed E-state index contributed by atoms with van der Waals surface area (Å²) in [6.07, 6.45) is 9.79. The molecule has 0 atom stereocenters. The number of rotatable bonds is 12. The van der Waals surface area contributed by atoms with Crippen molar-refractivity contribution in [3.05, 3.63) is 0 Å². The molecule has 0 N–H and O–H groups in total. The molecular weight excluding hydrogens is 323 g/mol. The first-order valence-corrected chi connectivity index (χ1v) is 9.53. The Morgan fingerprint density at radius 3 is 1.91 bits per heavy atom. The van der Waals surface area contributed by atoms with E-state index >= 15 is 0 Å². The molecular formula is C16H28O5V. The van der Waals surface area contributed by atoms with Gasteiger partial charge in [-0.15, -0.1) is 0 Å². The van der Waals surface area contributed by atoms with E-state index in [4.69, 9.17) is 0 Å². The molecule has 127 valence electrons. The van der Waals surface area contributed by atoms with E-state index in [1.54, 1.807) is 0 Å². The molecule has 0 aliphatic heterocycles. The van der Waals surface area contributed by atoms with Gasteiger partial charge in [-0.3, -0.25) is 0 Å².